The minimum absolute atomic E-state index is 0.0264. The van der Waals surface area contributed by atoms with Crippen LogP contribution in [0.3, 0.4) is 0 Å². The van der Waals surface area contributed by atoms with Crippen molar-refractivity contribution in [2.24, 2.45) is 0 Å². The molecular formula is C22H24N4O2S3. The van der Waals surface area contributed by atoms with Crippen molar-refractivity contribution in [2.45, 2.75) is 50.2 Å². The van der Waals surface area contributed by atoms with Crippen LogP contribution in [0.1, 0.15) is 30.2 Å². The van der Waals surface area contributed by atoms with E-state index in [2.05, 4.69) is 18.3 Å². The lowest BCUT2D eigenvalue weighted by molar-refractivity contribution is -0.113. The summed E-state index contributed by atoms with van der Waals surface area (Å²) in [6, 6.07) is 9.52. The number of anilines is 1. The molecular weight excluding hydrogens is 448 g/mol. The first-order valence-electron chi connectivity index (χ1n) is 9.98. The van der Waals surface area contributed by atoms with E-state index in [1.165, 1.54) is 34.9 Å². The highest BCUT2D eigenvalue weighted by Gasteiger charge is 2.18. The van der Waals surface area contributed by atoms with Crippen LogP contribution < -0.4 is 10.9 Å². The molecule has 2 aromatic heterocycles. The number of benzene rings is 1. The number of carbonyl (C=O) groups excluding carboxylic acids is 1. The first-order valence-corrected chi connectivity index (χ1v) is 12.8. The maximum atomic E-state index is 13.2. The number of aryl methyl sites for hydroxylation is 2. The molecule has 2 heterocycles. The number of hydrogen-bond acceptors (Lipinski definition) is 7. The fourth-order valence-corrected chi connectivity index (χ4v) is 5.62. The summed E-state index contributed by atoms with van der Waals surface area (Å²) in [5.41, 5.74) is 1.65. The second kappa shape index (κ2) is 10.8. The Bertz CT molecular complexity index is 1190. The third kappa shape index (κ3) is 5.50. The van der Waals surface area contributed by atoms with Gasteiger partial charge < -0.3 is 5.32 Å². The molecule has 3 aromatic rings. The predicted octanol–water partition coefficient (Wildman–Crippen LogP) is 5.22. The monoisotopic (exact) mass is 472 g/mol. The van der Waals surface area contributed by atoms with Crippen molar-refractivity contribution < 1.29 is 4.79 Å². The Morgan fingerprint density at radius 2 is 2.06 bits per heavy atom. The van der Waals surface area contributed by atoms with Gasteiger partial charge in [0.1, 0.15) is 4.83 Å². The zero-order valence-electron chi connectivity index (χ0n) is 17.7. The van der Waals surface area contributed by atoms with E-state index in [9.17, 15) is 9.59 Å². The van der Waals surface area contributed by atoms with Crippen molar-refractivity contribution in [1.82, 2.24) is 9.55 Å². The van der Waals surface area contributed by atoms with E-state index < -0.39 is 0 Å². The van der Waals surface area contributed by atoms with Gasteiger partial charge in [-0.25, -0.2) is 4.98 Å². The Kier molecular flexibility index (Phi) is 8.18. The Labute approximate surface area is 194 Å². The van der Waals surface area contributed by atoms with Crippen molar-refractivity contribution in [2.75, 3.05) is 16.8 Å². The van der Waals surface area contributed by atoms with Gasteiger partial charge in [-0.15, -0.1) is 23.1 Å². The first-order chi connectivity index (χ1) is 15.0. The molecule has 0 radical (unpaired) electrons. The normalized spacial score (nSPS) is 10.9. The largest absolute Gasteiger partial charge is 0.324 e. The van der Waals surface area contributed by atoms with Crippen LogP contribution in [-0.4, -0.2) is 27.0 Å². The van der Waals surface area contributed by atoms with Crippen LogP contribution in [0.2, 0.25) is 0 Å². The number of rotatable bonds is 9. The molecule has 1 amide bonds. The highest BCUT2D eigenvalue weighted by Crippen LogP contribution is 2.29. The number of nitriles is 1. The summed E-state index contributed by atoms with van der Waals surface area (Å²) in [5, 5.41) is 13.0. The molecule has 0 aliphatic rings. The number of aromatic nitrogens is 2. The summed E-state index contributed by atoms with van der Waals surface area (Å²) in [4.78, 5) is 33.2. The zero-order chi connectivity index (χ0) is 22.4. The Morgan fingerprint density at radius 1 is 1.29 bits per heavy atom. The van der Waals surface area contributed by atoms with Gasteiger partial charge in [0.05, 0.1) is 28.6 Å². The van der Waals surface area contributed by atoms with Gasteiger partial charge >= 0.3 is 0 Å². The molecule has 0 aliphatic heterocycles. The number of thiophene rings is 1. The van der Waals surface area contributed by atoms with Crippen molar-refractivity contribution in [3.05, 3.63) is 45.1 Å². The van der Waals surface area contributed by atoms with Gasteiger partial charge in [-0.3, -0.25) is 14.2 Å². The SMILES string of the molecule is CCCCn1c(SCC(=O)Nc2ccccc2SCC#N)nc2sc(C)c(C)c2c1=O. The van der Waals surface area contributed by atoms with Gasteiger partial charge in [0.2, 0.25) is 5.91 Å². The molecule has 162 valence electrons. The van der Waals surface area contributed by atoms with Crippen LogP contribution in [0, 0.1) is 25.2 Å². The van der Waals surface area contributed by atoms with E-state index in [0.717, 1.165) is 33.0 Å². The molecule has 0 fully saturated rings. The maximum absolute atomic E-state index is 13.2. The number of hydrogen-bond donors (Lipinski definition) is 1. The summed E-state index contributed by atoms with van der Waals surface area (Å²) in [5.74, 6) is 0.282. The quantitative estimate of drug-likeness (QED) is 0.339. The number of fused-ring (bicyclic) bond motifs is 1. The van der Waals surface area contributed by atoms with Crippen LogP contribution in [0.4, 0.5) is 5.69 Å². The summed E-state index contributed by atoms with van der Waals surface area (Å²) in [7, 11) is 0. The Hall–Kier alpha value is -2.28. The van der Waals surface area contributed by atoms with Crippen molar-refractivity contribution >= 4 is 56.7 Å². The van der Waals surface area contributed by atoms with E-state index >= 15 is 0 Å². The number of thioether (sulfide) groups is 2. The molecule has 0 bridgehead atoms. The molecule has 6 nitrogen and oxygen atoms in total. The fraction of sp³-hybridized carbons (Fsp3) is 0.364. The number of para-hydroxylation sites is 1. The standard InChI is InChI=1S/C22H24N4O2S3/c1-4-5-11-26-21(28)19-14(2)15(3)31-20(19)25-22(26)30-13-18(27)24-16-8-6-7-9-17(16)29-12-10-23/h6-9H,4-5,11-13H2,1-3H3,(H,24,27). The molecule has 0 spiro atoms. The topological polar surface area (TPSA) is 87.8 Å². The Balaban J connectivity index is 1.81. The molecule has 0 aliphatic carbocycles. The van der Waals surface area contributed by atoms with Gasteiger partial charge in [0, 0.05) is 16.3 Å². The lowest BCUT2D eigenvalue weighted by Crippen LogP contribution is -2.24. The molecule has 3 rings (SSSR count). The molecule has 0 saturated heterocycles. The highest BCUT2D eigenvalue weighted by molar-refractivity contribution is 8.00. The van der Waals surface area contributed by atoms with Crippen molar-refractivity contribution in [1.29, 1.82) is 5.26 Å². The van der Waals surface area contributed by atoms with Crippen LogP contribution in [0.25, 0.3) is 10.2 Å². The van der Waals surface area contributed by atoms with E-state index in [4.69, 9.17) is 10.2 Å². The summed E-state index contributed by atoms with van der Waals surface area (Å²) < 4.78 is 1.71. The number of nitrogens with one attached hydrogen (secondary N) is 1. The zero-order valence-corrected chi connectivity index (χ0v) is 20.2. The molecule has 9 heteroatoms. The molecule has 1 N–H and O–H groups in total. The predicted molar refractivity (Wildman–Crippen MR) is 130 cm³/mol. The second-order valence-electron chi connectivity index (χ2n) is 6.95. The smallest absolute Gasteiger partial charge is 0.263 e. The van der Waals surface area contributed by atoms with E-state index in [-0.39, 0.29) is 17.2 Å². The van der Waals surface area contributed by atoms with E-state index in [1.807, 2.05) is 38.1 Å². The first kappa shape index (κ1) is 23.4. The van der Waals surface area contributed by atoms with Gasteiger partial charge in [0.15, 0.2) is 5.16 Å². The fourth-order valence-electron chi connectivity index (χ4n) is 3.05. The third-order valence-corrected chi connectivity index (χ3v) is 7.79. The van der Waals surface area contributed by atoms with Crippen LogP contribution in [0.5, 0.6) is 0 Å². The van der Waals surface area contributed by atoms with Crippen LogP contribution in [-0.2, 0) is 11.3 Å². The summed E-state index contributed by atoms with van der Waals surface area (Å²) in [6.07, 6.45) is 1.84. The highest BCUT2D eigenvalue weighted by atomic mass is 32.2. The average molecular weight is 473 g/mol. The van der Waals surface area contributed by atoms with Crippen LogP contribution in [0.15, 0.2) is 39.1 Å². The van der Waals surface area contributed by atoms with Gasteiger partial charge in [-0.2, -0.15) is 5.26 Å². The number of amides is 1. The average Bonchev–Trinajstić information content (AvgIpc) is 3.04. The molecule has 0 atom stereocenters. The summed E-state index contributed by atoms with van der Waals surface area (Å²) >= 11 is 4.18. The van der Waals surface area contributed by atoms with Crippen molar-refractivity contribution in [3.8, 4) is 6.07 Å². The van der Waals surface area contributed by atoms with Crippen molar-refractivity contribution in [3.63, 3.8) is 0 Å². The van der Waals surface area contributed by atoms with Gasteiger partial charge in [-0.05, 0) is 38.0 Å². The summed E-state index contributed by atoms with van der Waals surface area (Å²) in [6.45, 7) is 6.63. The number of nitrogens with zero attached hydrogens (tertiary/aromatic N) is 3. The number of unbranched alkanes of at least 4 members (excludes halogenated alkanes) is 1. The van der Waals surface area contributed by atoms with Gasteiger partial charge in [-0.1, -0.05) is 37.2 Å². The van der Waals surface area contributed by atoms with E-state index in [1.54, 1.807) is 4.57 Å². The molecule has 0 unspecified atom stereocenters. The minimum Gasteiger partial charge on any atom is -0.324 e. The molecule has 0 saturated carbocycles. The maximum Gasteiger partial charge on any atom is 0.263 e. The molecule has 1 aromatic carbocycles. The lowest BCUT2D eigenvalue weighted by Gasteiger charge is -2.12. The third-order valence-electron chi connectivity index (χ3n) is 4.77. The number of carbonyl (C=O) groups is 1. The molecule has 31 heavy (non-hydrogen) atoms. The van der Waals surface area contributed by atoms with Crippen LogP contribution >= 0.6 is 34.9 Å². The lowest BCUT2D eigenvalue weighted by atomic mass is 10.2. The van der Waals surface area contributed by atoms with E-state index in [0.29, 0.717) is 28.5 Å². The second-order valence-corrected chi connectivity index (χ2v) is 10.1. The Morgan fingerprint density at radius 3 is 2.81 bits per heavy atom. The minimum atomic E-state index is -0.176. The van der Waals surface area contributed by atoms with Gasteiger partial charge in [0.25, 0.3) is 5.56 Å².